The van der Waals surface area contributed by atoms with Gasteiger partial charge >= 0.3 is 6.18 Å². The molecule has 0 aromatic carbocycles. The zero-order valence-electron chi connectivity index (χ0n) is 12.0. The van der Waals surface area contributed by atoms with Crippen LogP contribution in [0.15, 0.2) is 24.5 Å². The summed E-state index contributed by atoms with van der Waals surface area (Å²) in [5.74, 6) is -0.751. The average Bonchev–Trinajstić information content (AvgIpc) is 3.11. The van der Waals surface area contributed by atoms with Crippen LogP contribution >= 0.6 is 0 Å². The Morgan fingerprint density at radius 1 is 1.21 bits per heavy atom. The van der Waals surface area contributed by atoms with Crippen LogP contribution in [0.25, 0.3) is 5.65 Å². The lowest BCUT2D eigenvalue weighted by molar-refractivity contribution is -0.146. The van der Waals surface area contributed by atoms with Gasteiger partial charge in [0.2, 0.25) is 0 Å². The molecular weight excluding hydrogens is 325 g/mol. The van der Waals surface area contributed by atoms with Crippen molar-refractivity contribution in [3.63, 3.8) is 0 Å². The van der Waals surface area contributed by atoms with E-state index < -0.39 is 12.0 Å². The van der Waals surface area contributed by atoms with Crippen molar-refractivity contribution in [2.24, 2.45) is 0 Å². The lowest BCUT2D eigenvalue weighted by Gasteiger charge is -2.39. The normalized spacial score (nSPS) is 15.5. The highest BCUT2D eigenvalue weighted by Crippen LogP contribution is 2.29. The Labute approximate surface area is 132 Å². The maximum Gasteiger partial charge on any atom is 0.453 e. The molecule has 122 valence electrons. The minimum absolute atomic E-state index is 0.0360. The van der Waals surface area contributed by atoms with Crippen LogP contribution in [0, 0.1) is 11.3 Å². The van der Waals surface area contributed by atoms with Gasteiger partial charge in [-0.3, -0.25) is 4.68 Å². The zero-order chi connectivity index (χ0) is 16.9. The number of nitrogens with zero attached hydrogens (tertiary/aromatic N) is 8. The van der Waals surface area contributed by atoms with Gasteiger partial charge in [0.15, 0.2) is 5.65 Å². The number of nitriles is 1. The van der Waals surface area contributed by atoms with Gasteiger partial charge in [-0.05, 0) is 12.1 Å². The Morgan fingerprint density at radius 3 is 2.67 bits per heavy atom. The van der Waals surface area contributed by atoms with E-state index in [0.717, 1.165) is 0 Å². The minimum Gasteiger partial charge on any atom is -0.351 e. The summed E-state index contributed by atoms with van der Waals surface area (Å²) in [6, 6.07) is 5.09. The predicted octanol–water partition coefficient (Wildman–Crippen LogP) is 1.27. The molecule has 0 radical (unpaired) electrons. The van der Waals surface area contributed by atoms with Gasteiger partial charge in [-0.15, -0.1) is 15.3 Å². The van der Waals surface area contributed by atoms with E-state index in [1.165, 1.54) is 12.3 Å². The number of alkyl halides is 3. The number of anilines is 1. The summed E-state index contributed by atoms with van der Waals surface area (Å²) < 4.78 is 41.0. The Kier molecular flexibility index (Phi) is 2.96. The molecule has 1 aliphatic rings. The van der Waals surface area contributed by atoms with Gasteiger partial charge in [0.05, 0.1) is 17.8 Å². The quantitative estimate of drug-likeness (QED) is 0.701. The number of fused-ring (bicyclic) bond motifs is 1. The van der Waals surface area contributed by atoms with Crippen LogP contribution in [-0.4, -0.2) is 42.7 Å². The Bertz CT molecular complexity index is 944. The van der Waals surface area contributed by atoms with E-state index in [1.807, 2.05) is 11.0 Å². The van der Waals surface area contributed by atoms with Crippen molar-refractivity contribution >= 4 is 11.5 Å². The third-order valence-corrected chi connectivity index (χ3v) is 3.79. The maximum absolute atomic E-state index is 12.9. The molecule has 1 fully saturated rings. The highest BCUT2D eigenvalue weighted by atomic mass is 19.4. The molecule has 8 nitrogen and oxygen atoms in total. The second kappa shape index (κ2) is 4.92. The summed E-state index contributed by atoms with van der Waals surface area (Å²) in [5, 5.41) is 23.5. The van der Waals surface area contributed by atoms with Crippen molar-refractivity contribution in [3.05, 3.63) is 35.9 Å². The van der Waals surface area contributed by atoms with E-state index in [9.17, 15) is 13.2 Å². The first-order valence-electron chi connectivity index (χ1n) is 6.94. The highest BCUT2D eigenvalue weighted by molar-refractivity contribution is 5.48. The molecule has 0 unspecified atom stereocenters. The average molecular weight is 334 g/mol. The predicted molar refractivity (Wildman–Crippen MR) is 74.0 cm³/mol. The Morgan fingerprint density at radius 2 is 2.00 bits per heavy atom. The summed E-state index contributed by atoms with van der Waals surface area (Å²) in [6.07, 6.45) is -1.51. The molecule has 1 aliphatic heterocycles. The smallest absolute Gasteiger partial charge is 0.351 e. The second-order valence-corrected chi connectivity index (χ2v) is 5.36. The van der Waals surface area contributed by atoms with Gasteiger partial charge in [-0.25, -0.2) is 0 Å². The molecule has 0 N–H and O–H groups in total. The number of hydrogen-bond acceptors (Lipinski definition) is 6. The number of aromatic nitrogens is 6. The van der Waals surface area contributed by atoms with Crippen LogP contribution < -0.4 is 4.90 Å². The van der Waals surface area contributed by atoms with Crippen molar-refractivity contribution in [2.75, 3.05) is 18.0 Å². The maximum atomic E-state index is 12.9. The van der Waals surface area contributed by atoms with Crippen molar-refractivity contribution < 1.29 is 13.2 Å². The third-order valence-electron chi connectivity index (χ3n) is 3.79. The molecule has 0 aliphatic carbocycles. The van der Waals surface area contributed by atoms with Gasteiger partial charge in [-0.1, -0.05) is 0 Å². The molecule has 0 bridgehead atoms. The summed E-state index contributed by atoms with van der Waals surface area (Å²) in [4.78, 5) is 1.82. The molecule has 0 saturated carbocycles. The Balaban J connectivity index is 1.57. The van der Waals surface area contributed by atoms with Crippen molar-refractivity contribution in [3.8, 4) is 6.07 Å². The van der Waals surface area contributed by atoms with E-state index >= 15 is 0 Å². The molecule has 0 amide bonds. The SMILES string of the molecule is N#Cc1cnn(C2CN(c3ccc4nnc(C(F)(F)F)n4n3)C2)c1. The molecule has 4 rings (SSSR count). The number of hydrogen-bond donors (Lipinski definition) is 0. The number of halogens is 3. The van der Waals surface area contributed by atoms with E-state index in [2.05, 4.69) is 20.4 Å². The molecule has 4 heterocycles. The monoisotopic (exact) mass is 334 g/mol. The van der Waals surface area contributed by atoms with Crippen LogP contribution in [-0.2, 0) is 6.18 Å². The molecule has 0 atom stereocenters. The fourth-order valence-corrected chi connectivity index (χ4v) is 2.53. The largest absolute Gasteiger partial charge is 0.453 e. The van der Waals surface area contributed by atoms with Crippen molar-refractivity contribution in [1.82, 2.24) is 29.6 Å². The summed E-state index contributed by atoms with van der Waals surface area (Å²) >= 11 is 0. The van der Waals surface area contributed by atoms with Gasteiger partial charge < -0.3 is 4.90 Å². The van der Waals surface area contributed by atoms with Gasteiger partial charge in [0.25, 0.3) is 5.82 Å². The molecular formula is C13H9F3N8. The molecule has 11 heteroatoms. The van der Waals surface area contributed by atoms with Gasteiger partial charge in [-0.2, -0.15) is 28.0 Å². The van der Waals surface area contributed by atoms with E-state index in [1.54, 1.807) is 16.9 Å². The molecule has 3 aromatic heterocycles. The third kappa shape index (κ3) is 2.23. The minimum atomic E-state index is -4.62. The number of rotatable bonds is 2. The molecule has 24 heavy (non-hydrogen) atoms. The van der Waals surface area contributed by atoms with E-state index in [-0.39, 0.29) is 11.7 Å². The second-order valence-electron chi connectivity index (χ2n) is 5.36. The van der Waals surface area contributed by atoms with Crippen LogP contribution in [0.2, 0.25) is 0 Å². The van der Waals surface area contributed by atoms with Crippen LogP contribution in [0.3, 0.4) is 0 Å². The van der Waals surface area contributed by atoms with E-state index in [4.69, 9.17) is 5.26 Å². The summed E-state index contributed by atoms with van der Waals surface area (Å²) in [5.41, 5.74) is 0.501. The van der Waals surface area contributed by atoms with Crippen LogP contribution in [0.1, 0.15) is 17.4 Å². The first-order valence-corrected chi connectivity index (χ1v) is 6.94. The van der Waals surface area contributed by atoms with Crippen LogP contribution in [0.5, 0.6) is 0 Å². The van der Waals surface area contributed by atoms with Gasteiger partial charge in [0, 0.05) is 19.3 Å². The molecule has 1 saturated heterocycles. The Hall–Kier alpha value is -3.16. The lowest BCUT2D eigenvalue weighted by Crippen LogP contribution is -2.48. The molecule has 3 aromatic rings. The summed E-state index contributed by atoms with van der Waals surface area (Å²) in [6.45, 7) is 1.07. The standard InChI is InChI=1S/C13H9F3N8/c14-13(15,16)12-20-19-10-1-2-11(21-24(10)12)22-6-9(7-22)23-5-8(3-17)4-18-23/h1-2,4-5,9H,6-7H2. The van der Waals surface area contributed by atoms with Crippen molar-refractivity contribution in [2.45, 2.75) is 12.2 Å². The molecule has 0 spiro atoms. The zero-order valence-corrected chi connectivity index (χ0v) is 12.0. The highest BCUT2D eigenvalue weighted by Gasteiger charge is 2.38. The first kappa shape index (κ1) is 14.4. The van der Waals surface area contributed by atoms with Gasteiger partial charge in [0.1, 0.15) is 11.9 Å². The van der Waals surface area contributed by atoms with Crippen LogP contribution in [0.4, 0.5) is 19.0 Å². The fraction of sp³-hybridized carbons (Fsp3) is 0.308. The lowest BCUT2D eigenvalue weighted by atomic mass is 10.1. The summed E-state index contributed by atoms with van der Waals surface area (Å²) in [7, 11) is 0. The topological polar surface area (TPSA) is 87.9 Å². The van der Waals surface area contributed by atoms with E-state index in [0.29, 0.717) is 29.0 Å². The van der Waals surface area contributed by atoms with Crippen molar-refractivity contribution in [1.29, 1.82) is 5.26 Å². The first-order chi connectivity index (χ1) is 11.5. The fourth-order valence-electron chi connectivity index (χ4n) is 2.53.